The van der Waals surface area contributed by atoms with E-state index in [1.54, 1.807) is 6.07 Å². The molecule has 1 aliphatic rings. The first-order chi connectivity index (χ1) is 14.1. The molecule has 1 aliphatic heterocycles. The minimum atomic E-state index is -0.576. The number of likely N-dealkylation sites (tertiary alicyclic amines) is 1. The second kappa shape index (κ2) is 8.31. The predicted molar refractivity (Wildman–Crippen MR) is 110 cm³/mol. The summed E-state index contributed by atoms with van der Waals surface area (Å²) in [6, 6.07) is 21.2. The normalized spacial score (nSPS) is 16.7. The highest BCUT2D eigenvalue weighted by molar-refractivity contribution is 5.91. The van der Waals surface area contributed by atoms with Gasteiger partial charge in [-0.05, 0) is 36.5 Å². The lowest BCUT2D eigenvalue weighted by Gasteiger charge is -2.37. The lowest BCUT2D eigenvalue weighted by atomic mass is 9.88. The number of nitrogens with one attached hydrogen (secondary N) is 1. The van der Waals surface area contributed by atoms with E-state index >= 15 is 0 Å². The minimum absolute atomic E-state index is 0.0577. The Morgan fingerprint density at radius 3 is 2.17 bits per heavy atom. The number of H-pyrrole nitrogens is 1. The zero-order valence-corrected chi connectivity index (χ0v) is 16.1. The van der Waals surface area contributed by atoms with Crippen LogP contribution in [0.3, 0.4) is 0 Å². The van der Waals surface area contributed by atoms with E-state index in [2.05, 4.69) is 10.2 Å². The van der Waals surface area contributed by atoms with Gasteiger partial charge in [0.1, 0.15) is 5.69 Å². The van der Waals surface area contributed by atoms with Crippen molar-refractivity contribution in [2.45, 2.75) is 31.2 Å². The van der Waals surface area contributed by atoms with Gasteiger partial charge in [0.15, 0.2) is 0 Å². The van der Waals surface area contributed by atoms with Crippen LogP contribution < -0.4 is 5.73 Å². The van der Waals surface area contributed by atoms with Crippen LogP contribution in [-0.4, -0.2) is 33.5 Å². The molecule has 1 atom stereocenters. The molecule has 1 saturated heterocycles. The molecule has 1 unspecified atom stereocenters. The smallest absolute Gasteiger partial charge is 0.269 e. The number of nitrogens with two attached hydrogens (primary N) is 1. The molecule has 0 bridgehead atoms. The zero-order chi connectivity index (χ0) is 20.2. The topological polar surface area (TPSA) is 92.1 Å². The van der Waals surface area contributed by atoms with Crippen LogP contribution in [0.1, 0.15) is 58.5 Å². The molecular weight excluding hydrogens is 364 g/mol. The molecule has 0 radical (unpaired) electrons. The molecular formula is C23H24N4O2. The molecule has 29 heavy (non-hydrogen) atoms. The van der Waals surface area contributed by atoms with Gasteiger partial charge in [0.05, 0.1) is 17.7 Å². The first-order valence-corrected chi connectivity index (χ1v) is 9.90. The van der Waals surface area contributed by atoms with Crippen LogP contribution in [0.4, 0.5) is 0 Å². The van der Waals surface area contributed by atoms with E-state index in [0.717, 1.165) is 36.1 Å². The Balaban J connectivity index is 1.70. The maximum atomic E-state index is 13.8. The third-order valence-electron chi connectivity index (χ3n) is 5.51. The Kier molecular flexibility index (Phi) is 5.42. The monoisotopic (exact) mass is 388 g/mol. The molecule has 2 amide bonds. The average Bonchev–Trinajstić information content (AvgIpc) is 3.26. The van der Waals surface area contributed by atoms with Gasteiger partial charge in [0, 0.05) is 6.54 Å². The molecule has 0 spiro atoms. The molecule has 3 aromatic rings. The van der Waals surface area contributed by atoms with Crippen molar-refractivity contribution in [3.05, 3.63) is 89.2 Å². The van der Waals surface area contributed by atoms with Crippen LogP contribution in [0, 0.1) is 0 Å². The number of aromatic amines is 1. The SMILES string of the molecule is NC(=O)c1cc(C2CCCCN2C(=O)C(c2ccccc2)c2ccccc2)[nH]n1. The van der Waals surface area contributed by atoms with Crippen molar-refractivity contribution in [1.29, 1.82) is 0 Å². The number of carbonyl (C=O) groups excluding carboxylic acids is 2. The van der Waals surface area contributed by atoms with Crippen LogP contribution in [0.2, 0.25) is 0 Å². The Bertz CT molecular complexity index is 945. The van der Waals surface area contributed by atoms with E-state index in [0.29, 0.717) is 6.54 Å². The van der Waals surface area contributed by atoms with Crippen molar-refractivity contribution < 1.29 is 9.59 Å². The molecule has 1 aromatic heterocycles. The number of amides is 2. The van der Waals surface area contributed by atoms with E-state index in [9.17, 15) is 9.59 Å². The summed E-state index contributed by atoms with van der Waals surface area (Å²) >= 11 is 0. The fraction of sp³-hybridized carbons (Fsp3) is 0.261. The quantitative estimate of drug-likeness (QED) is 0.702. The van der Waals surface area contributed by atoms with Gasteiger partial charge in [-0.25, -0.2) is 0 Å². The van der Waals surface area contributed by atoms with E-state index in [1.807, 2.05) is 65.6 Å². The van der Waals surface area contributed by atoms with Crippen molar-refractivity contribution in [3.63, 3.8) is 0 Å². The fourth-order valence-corrected chi connectivity index (χ4v) is 4.09. The second-order valence-corrected chi connectivity index (χ2v) is 7.37. The molecule has 2 aromatic carbocycles. The largest absolute Gasteiger partial charge is 0.364 e. The number of benzene rings is 2. The number of nitrogens with zero attached hydrogens (tertiary/aromatic N) is 2. The Labute approximate surface area is 169 Å². The number of hydrogen-bond donors (Lipinski definition) is 2. The number of primary amides is 1. The van der Waals surface area contributed by atoms with Crippen molar-refractivity contribution in [2.24, 2.45) is 5.73 Å². The van der Waals surface area contributed by atoms with E-state index < -0.39 is 5.91 Å². The molecule has 1 fully saturated rings. The highest BCUT2D eigenvalue weighted by Crippen LogP contribution is 2.35. The van der Waals surface area contributed by atoms with E-state index in [4.69, 9.17) is 5.73 Å². The Hall–Kier alpha value is -3.41. The number of rotatable bonds is 5. The summed E-state index contributed by atoms with van der Waals surface area (Å²) in [5.74, 6) is -0.897. The average molecular weight is 388 g/mol. The molecule has 6 heteroatoms. The fourth-order valence-electron chi connectivity index (χ4n) is 4.09. The summed E-state index contributed by atoms with van der Waals surface area (Å²) in [6.45, 7) is 0.671. The van der Waals surface area contributed by atoms with Crippen LogP contribution in [0.5, 0.6) is 0 Å². The van der Waals surface area contributed by atoms with E-state index in [1.165, 1.54) is 0 Å². The molecule has 3 N–H and O–H groups in total. The molecule has 148 valence electrons. The van der Waals surface area contributed by atoms with Crippen molar-refractivity contribution in [3.8, 4) is 0 Å². The van der Waals surface area contributed by atoms with Crippen LogP contribution in [0.15, 0.2) is 66.7 Å². The summed E-state index contributed by atoms with van der Waals surface area (Å²) in [6.07, 6.45) is 2.79. The van der Waals surface area contributed by atoms with Gasteiger partial charge in [-0.15, -0.1) is 0 Å². The number of carbonyl (C=O) groups is 2. The molecule has 4 rings (SSSR count). The lowest BCUT2D eigenvalue weighted by molar-refractivity contribution is -0.135. The van der Waals surface area contributed by atoms with Crippen molar-refractivity contribution in [1.82, 2.24) is 15.1 Å². The summed E-state index contributed by atoms with van der Waals surface area (Å²) in [4.78, 5) is 27.2. The van der Waals surface area contributed by atoms with Gasteiger partial charge < -0.3 is 10.6 Å². The summed E-state index contributed by atoms with van der Waals surface area (Å²) in [7, 11) is 0. The van der Waals surface area contributed by atoms with Gasteiger partial charge in [-0.1, -0.05) is 60.7 Å². The maximum Gasteiger partial charge on any atom is 0.269 e. The lowest BCUT2D eigenvalue weighted by Crippen LogP contribution is -2.41. The predicted octanol–water partition coefficient (Wildman–Crippen LogP) is 3.39. The van der Waals surface area contributed by atoms with Gasteiger partial charge in [-0.2, -0.15) is 5.10 Å². The van der Waals surface area contributed by atoms with Gasteiger partial charge in [-0.3, -0.25) is 14.7 Å². The first-order valence-electron chi connectivity index (χ1n) is 9.90. The number of piperidine rings is 1. The maximum absolute atomic E-state index is 13.8. The van der Waals surface area contributed by atoms with Crippen molar-refractivity contribution >= 4 is 11.8 Å². The van der Waals surface area contributed by atoms with Gasteiger partial charge in [0.25, 0.3) is 5.91 Å². The molecule has 0 aliphatic carbocycles. The van der Waals surface area contributed by atoms with Crippen molar-refractivity contribution in [2.75, 3.05) is 6.54 Å². The van der Waals surface area contributed by atoms with Gasteiger partial charge >= 0.3 is 0 Å². The van der Waals surface area contributed by atoms with Crippen LogP contribution >= 0.6 is 0 Å². The highest BCUT2D eigenvalue weighted by Gasteiger charge is 2.35. The highest BCUT2D eigenvalue weighted by atomic mass is 16.2. The first kappa shape index (κ1) is 18.9. The Morgan fingerprint density at radius 1 is 1.00 bits per heavy atom. The third kappa shape index (κ3) is 3.92. The molecule has 2 heterocycles. The zero-order valence-electron chi connectivity index (χ0n) is 16.1. The van der Waals surface area contributed by atoms with Crippen LogP contribution in [0.25, 0.3) is 0 Å². The number of aromatic nitrogens is 2. The van der Waals surface area contributed by atoms with Crippen LogP contribution in [-0.2, 0) is 4.79 Å². The molecule has 6 nitrogen and oxygen atoms in total. The summed E-state index contributed by atoms with van der Waals surface area (Å²) in [5.41, 5.74) is 8.24. The number of hydrogen-bond acceptors (Lipinski definition) is 3. The molecule has 0 saturated carbocycles. The second-order valence-electron chi connectivity index (χ2n) is 7.37. The standard InChI is InChI=1S/C23H24N4O2/c24-22(28)19-15-18(25-26-19)20-13-7-8-14-27(20)23(29)21(16-9-3-1-4-10-16)17-11-5-2-6-12-17/h1-6,9-12,15,20-21H,7-8,13-14H2,(H2,24,28)(H,25,26). The Morgan fingerprint density at radius 2 is 1.62 bits per heavy atom. The summed E-state index contributed by atoms with van der Waals surface area (Å²) in [5, 5.41) is 6.92. The van der Waals surface area contributed by atoms with E-state index in [-0.39, 0.29) is 23.6 Å². The third-order valence-corrected chi connectivity index (χ3v) is 5.51. The van der Waals surface area contributed by atoms with Gasteiger partial charge in [0.2, 0.25) is 5.91 Å². The summed E-state index contributed by atoms with van der Waals surface area (Å²) < 4.78 is 0. The minimum Gasteiger partial charge on any atom is -0.364 e.